The number of carboxylic acids is 2. The number of amides is 1. The Balaban J connectivity index is 0. The fourth-order valence-corrected chi connectivity index (χ4v) is 3.05. The summed E-state index contributed by atoms with van der Waals surface area (Å²) in [5.41, 5.74) is 0. The number of rotatable bonds is 17. The van der Waals surface area contributed by atoms with Crippen molar-refractivity contribution >= 4 is 17.8 Å². The smallest absolute Gasteiger partial charge is 0.550 e. The quantitative estimate of drug-likeness (QED) is 0.104. The number of hydrogen-bond acceptors (Lipinski definition) is 5. The first kappa shape index (κ1) is 30.9. The van der Waals surface area contributed by atoms with Crippen molar-refractivity contribution < 1.29 is 53.0 Å². The molecule has 3 unspecified atom stereocenters. The summed E-state index contributed by atoms with van der Waals surface area (Å²) >= 11 is 0. The molecule has 8 nitrogen and oxygen atoms in total. The summed E-state index contributed by atoms with van der Waals surface area (Å²) in [6, 6.07) is 0. The van der Waals surface area contributed by atoms with E-state index < -0.39 is 23.8 Å². The molecular weight excluding hydrogens is 383 g/mol. The second kappa shape index (κ2) is 17.4. The van der Waals surface area contributed by atoms with E-state index in [2.05, 4.69) is 12.2 Å². The first-order chi connectivity index (χ1) is 13.7. The maximum Gasteiger partial charge on any atom is 1.00 e. The monoisotopic (exact) mass is 421 g/mol. The fraction of sp³-hybridized carbons (Fsp3) is 0.762. The van der Waals surface area contributed by atoms with Gasteiger partial charge in [0.05, 0.1) is 38.7 Å². The molecule has 0 aliphatic rings. The molecule has 9 heteroatoms. The van der Waals surface area contributed by atoms with Crippen LogP contribution in [0.3, 0.4) is 0 Å². The van der Waals surface area contributed by atoms with Crippen molar-refractivity contribution in [1.82, 2.24) is 5.32 Å². The van der Waals surface area contributed by atoms with Crippen LogP contribution in [0.1, 0.15) is 52.9 Å². The van der Waals surface area contributed by atoms with Gasteiger partial charge in [-0.1, -0.05) is 39.7 Å². The van der Waals surface area contributed by atoms with Crippen LogP contribution < -0.4 is 29.3 Å². The third kappa shape index (κ3) is 13.8. The van der Waals surface area contributed by atoms with Crippen LogP contribution in [0.5, 0.6) is 0 Å². The SMILES string of the molecule is CCCC/C=C/C(=O)NCC[N+](CCO)(CCC(C)C(=O)[O-])CCC(C)C(=O)O.[Li+]. The van der Waals surface area contributed by atoms with Crippen molar-refractivity contribution in [1.29, 1.82) is 0 Å². The van der Waals surface area contributed by atoms with Crippen LogP contribution in [0.2, 0.25) is 0 Å². The number of unbranched alkanes of at least 4 members (excludes halogenated alkanes) is 2. The average Bonchev–Trinajstić information content (AvgIpc) is 2.67. The topological polar surface area (TPSA) is 127 Å². The summed E-state index contributed by atoms with van der Waals surface area (Å²) in [5, 5.41) is 32.6. The second-order valence-electron chi connectivity index (χ2n) is 7.83. The Labute approximate surface area is 192 Å². The van der Waals surface area contributed by atoms with Crippen LogP contribution in [0.15, 0.2) is 12.2 Å². The Morgan fingerprint density at radius 1 is 1.07 bits per heavy atom. The molecule has 0 saturated heterocycles. The third-order valence-electron chi connectivity index (χ3n) is 5.35. The van der Waals surface area contributed by atoms with E-state index >= 15 is 0 Å². The summed E-state index contributed by atoms with van der Waals surface area (Å²) < 4.78 is 0.353. The van der Waals surface area contributed by atoms with E-state index in [1.807, 2.05) is 6.08 Å². The van der Waals surface area contributed by atoms with Gasteiger partial charge < -0.3 is 29.9 Å². The van der Waals surface area contributed by atoms with Crippen molar-refractivity contribution in [2.45, 2.75) is 52.9 Å². The van der Waals surface area contributed by atoms with Gasteiger partial charge in [0.15, 0.2) is 0 Å². The van der Waals surface area contributed by atoms with Gasteiger partial charge in [-0.05, 0) is 12.5 Å². The zero-order valence-electron chi connectivity index (χ0n) is 19.1. The van der Waals surface area contributed by atoms with Gasteiger partial charge in [-0.2, -0.15) is 0 Å². The van der Waals surface area contributed by atoms with E-state index in [1.54, 1.807) is 13.8 Å². The van der Waals surface area contributed by atoms with Gasteiger partial charge in [-0.15, -0.1) is 0 Å². The number of nitrogens with zero attached hydrogens (tertiary/aromatic N) is 1. The normalized spacial score (nSPS) is 15.1. The van der Waals surface area contributed by atoms with E-state index in [0.29, 0.717) is 50.0 Å². The number of hydrogen-bond donors (Lipinski definition) is 3. The fourth-order valence-electron chi connectivity index (χ4n) is 3.05. The van der Waals surface area contributed by atoms with Crippen molar-refractivity contribution in [3.63, 3.8) is 0 Å². The number of carboxylic acid groups (broad SMARTS) is 2. The van der Waals surface area contributed by atoms with Crippen LogP contribution in [0, 0.1) is 11.8 Å². The van der Waals surface area contributed by atoms with Gasteiger partial charge in [0.2, 0.25) is 5.91 Å². The van der Waals surface area contributed by atoms with Gasteiger partial charge in [0.1, 0.15) is 6.54 Å². The molecule has 0 saturated carbocycles. The van der Waals surface area contributed by atoms with Gasteiger partial charge >= 0.3 is 24.8 Å². The molecule has 1 amide bonds. The molecule has 0 aromatic carbocycles. The zero-order chi connectivity index (χ0) is 22.3. The first-order valence-corrected chi connectivity index (χ1v) is 10.5. The number of carbonyl (C=O) groups excluding carboxylic acids is 2. The standard InChI is InChI=1S/C21H38N2O6.Li/c1-4-5-6-7-8-19(25)22-11-14-23(15-16-24,12-9-17(2)20(26)27)13-10-18(3)21(28)29;/h7-8,17-18,24H,4-6,9-16H2,1-3H3,(H2-,22,25,26,27,28,29);/q;+1/b8-7+;. The molecule has 0 spiro atoms. The number of aliphatic hydroxyl groups excluding tert-OH is 1. The number of allylic oxidation sites excluding steroid dienone is 1. The molecule has 0 fully saturated rings. The van der Waals surface area contributed by atoms with Crippen molar-refractivity contribution in [2.24, 2.45) is 11.8 Å². The minimum atomic E-state index is -1.13. The number of aliphatic hydroxyl groups is 1. The Morgan fingerprint density at radius 3 is 2.17 bits per heavy atom. The minimum Gasteiger partial charge on any atom is -0.550 e. The molecule has 0 aliphatic heterocycles. The van der Waals surface area contributed by atoms with Crippen LogP contribution >= 0.6 is 0 Å². The maximum atomic E-state index is 11.9. The number of quaternary nitrogens is 1. The summed E-state index contributed by atoms with van der Waals surface area (Å²) in [7, 11) is 0. The Kier molecular flexibility index (Phi) is 17.9. The van der Waals surface area contributed by atoms with Crippen molar-refractivity contribution in [3.05, 3.63) is 12.2 Å². The van der Waals surface area contributed by atoms with Crippen LogP contribution in [0.4, 0.5) is 0 Å². The Hall–Kier alpha value is -1.33. The van der Waals surface area contributed by atoms with E-state index in [0.717, 1.165) is 19.3 Å². The number of nitrogens with one attached hydrogen (secondary N) is 1. The van der Waals surface area contributed by atoms with Crippen molar-refractivity contribution in [2.75, 3.05) is 39.3 Å². The molecule has 3 atom stereocenters. The second-order valence-corrected chi connectivity index (χ2v) is 7.83. The number of carbonyl (C=O) groups is 3. The van der Waals surface area contributed by atoms with Crippen LogP contribution in [-0.4, -0.2) is 71.9 Å². The van der Waals surface area contributed by atoms with E-state index in [4.69, 9.17) is 5.11 Å². The predicted molar refractivity (Wildman–Crippen MR) is 109 cm³/mol. The summed E-state index contributed by atoms with van der Waals surface area (Å²) in [6.07, 6.45) is 7.05. The molecule has 0 bridgehead atoms. The predicted octanol–water partition coefficient (Wildman–Crippen LogP) is -2.45. The molecular formula is C21H38LiN2O6+. The van der Waals surface area contributed by atoms with E-state index in [9.17, 15) is 24.6 Å². The van der Waals surface area contributed by atoms with Crippen molar-refractivity contribution in [3.8, 4) is 0 Å². The Bertz CT molecular complexity index is 518. The molecule has 30 heavy (non-hydrogen) atoms. The Morgan fingerprint density at radius 2 is 1.67 bits per heavy atom. The molecule has 0 heterocycles. The van der Waals surface area contributed by atoms with Gasteiger partial charge in [0, 0.05) is 24.7 Å². The average molecular weight is 421 g/mol. The summed E-state index contributed by atoms with van der Waals surface area (Å²) in [4.78, 5) is 34.2. The maximum absolute atomic E-state index is 11.9. The molecule has 0 aliphatic carbocycles. The van der Waals surface area contributed by atoms with E-state index in [-0.39, 0.29) is 31.4 Å². The first-order valence-electron chi connectivity index (χ1n) is 10.5. The molecule has 3 N–H and O–H groups in total. The van der Waals surface area contributed by atoms with Gasteiger partial charge in [-0.3, -0.25) is 9.59 Å². The molecule has 0 aromatic heterocycles. The van der Waals surface area contributed by atoms with Gasteiger partial charge in [-0.25, -0.2) is 0 Å². The molecule has 168 valence electrons. The van der Waals surface area contributed by atoms with Gasteiger partial charge in [0.25, 0.3) is 0 Å². The molecule has 0 aromatic rings. The third-order valence-corrected chi connectivity index (χ3v) is 5.35. The molecule has 0 radical (unpaired) electrons. The minimum absolute atomic E-state index is 0. The number of aliphatic carboxylic acids is 2. The van der Waals surface area contributed by atoms with E-state index in [1.165, 1.54) is 6.08 Å². The summed E-state index contributed by atoms with van der Waals surface area (Å²) in [5.74, 6) is -3.39. The van der Waals surface area contributed by atoms with Crippen LogP contribution in [-0.2, 0) is 14.4 Å². The summed E-state index contributed by atoms with van der Waals surface area (Å²) in [6.45, 7) is 7.34. The zero-order valence-corrected chi connectivity index (χ0v) is 19.1. The molecule has 0 rings (SSSR count). The largest absolute Gasteiger partial charge is 1.00 e. The van der Waals surface area contributed by atoms with Crippen LogP contribution in [0.25, 0.3) is 0 Å².